The van der Waals surface area contributed by atoms with Gasteiger partial charge in [0.15, 0.2) is 6.10 Å². The first-order valence-corrected chi connectivity index (χ1v) is 9.24. The van der Waals surface area contributed by atoms with Gasteiger partial charge in [0.25, 0.3) is 5.91 Å². The molecule has 0 aromatic heterocycles. The van der Waals surface area contributed by atoms with E-state index in [-0.39, 0.29) is 30.4 Å². The smallest absolute Gasteiger partial charge is 0.409 e. The van der Waals surface area contributed by atoms with Crippen LogP contribution in [0, 0.1) is 0 Å². The van der Waals surface area contributed by atoms with Crippen molar-refractivity contribution in [3.05, 3.63) is 24.3 Å². The molecule has 0 spiro atoms. The molecule has 1 N–H and O–H groups in total. The first-order valence-electron chi connectivity index (χ1n) is 9.24. The lowest BCUT2D eigenvalue weighted by Crippen LogP contribution is -2.49. The molecule has 146 valence electrons. The maximum atomic E-state index is 12.5. The number of rotatable bonds is 4. The Morgan fingerprint density at radius 3 is 2.67 bits per heavy atom. The number of benzene rings is 1. The number of amides is 3. The van der Waals surface area contributed by atoms with Crippen molar-refractivity contribution in [1.29, 1.82) is 0 Å². The minimum atomic E-state index is -0.829. The van der Waals surface area contributed by atoms with Crippen molar-refractivity contribution in [2.75, 3.05) is 31.6 Å². The lowest BCUT2D eigenvalue weighted by atomic mass is 10.0. The minimum absolute atomic E-state index is 0.0214. The molecule has 0 bridgehead atoms. The van der Waals surface area contributed by atoms with E-state index < -0.39 is 6.10 Å². The third-order valence-electron chi connectivity index (χ3n) is 4.86. The summed E-state index contributed by atoms with van der Waals surface area (Å²) in [4.78, 5) is 39.7. The highest BCUT2D eigenvalue weighted by Crippen LogP contribution is 2.33. The molecule has 3 amide bonds. The molecule has 2 aliphatic heterocycles. The average Bonchev–Trinajstić information content (AvgIpc) is 2.66. The van der Waals surface area contributed by atoms with Gasteiger partial charge in [-0.3, -0.25) is 9.59 Å². The van der Waals surface area contributed by atoms with Gasteiger partial charge in [0.2, 0.25) is 5.91 Å². The van der Waals surface area contributed by atoms with E-state index in [4.69, 9.17) is 9.47 Å². The number of hydrogen-bond acceptors (Lipinski definition) is 5. The highest BCUT2D eigenvalue weighted by atomic mass is 16.6. The Bertz CT molecular complexity index is 715. The van der Waals surface area contributed by atoms with Crippen LogP contribution in [0.5, 0.6) is 5.75 Å². The summed E-state index contributed by atoms with van der Waals surface area (Å²) in [6.45, 7) is 3.20. The van der Waals surface area contributed by atoms with Crippen LogP contribution in [0.25, 0.3) is 0 Å². The summed E-state index contributed by atoms with van der Waals surface area (Å²) >= 11 is 0. The molecule has 1 aromatic carbocycles. The van der Waals surface area contributed by atoms with Crippen LogP contribution in [0.15, 0.2) is 24.3 Å². The number of fused-ring (bicyclic) bond motifs is 1. The quantitative estimate of drug-likeness (QED) is 0.862. The zero-order valence-electron chi connectivity index (χ0n) is 15.6. The minimum Gasteiger partial charge on any atom is -0.478 e. The van der Waals surface area contributed by atoms with E-state index in [9.17, 15) is 14.4 Å². The van der Waals surface area contributed by atoms with Crippen molar-refractivity contribution in [3.63, 3.8) is 0 Å². The van der Waals surface area contributed by atoms with Crippen molar-refractivity contribution in [1.82, 2.24) is 10.2 Å². The van der Waals surface area contributed by atoms with E-state index in [1.165, 1.54) is 4.90 Å². The molecule has 1 saturated heterocycles. The standard InChI is InChI=1S/C19H25N3O5/c1-3-26-19(25)22-10-8-13(9-11-22)20-17(23)12-16-18(24)21(2)14-6-4-5-7-15(14)27-16/h4-7,13,16H,3,8-12H2,1-2H3,(H,20,23). The molecule has 1 fully saturated rings. The van der Waals surface area contributed by atoms with Gasteiger partial charge in [0.05, 0.1) is 18.7 Å². The first-order chi connectivity index (χ1) is 13.0. The number of nitrogens with zero attached hydrogens (tertiary/aromatic N) is 2. The molecular formula is C19H25N3O5. The molecule has 2 aliphatic rings. The van der Waals surface area contributed by atoms with E-state index in [0.29, 0.717) is 44.0 Å². The summed E-state index contributed by atoms with van der Waals surface area (Å²) in [7, 11) is 1.68. The van der Waals surface area contributed by atoms with Crippen molar-refractivity contribution in [3.8, 4) is 5.75 Å². The van der Waals surface area contributed by atoms with Gasteiger partial charge in [-0.1, -0.05) is 12.1 Å². The third-order valence-corrected chi connectivity index (χ3v) is 4.86. The Hall–Kier alpha value is -2.77. The number of ether oxygens (including phenoxy) is 2. The number of likely N-dealkylation sites (N-methyl/N-ethyl adjacent to an activating group) is 1. The predicted octanol–water partition coefficient (Wildman–Crippen LogP) is 1.54. The number of carbonyl (C=O) groups excluding carboxylic acids is 3. The summed E-state index contributed by atoms with van der Waals surface area (Å²) in [5.74, 6) is 0.136. The second-order valence-corrected chi connectivity index (χ2v) is 6.70. The van der Waals surface area contributed by atoms with Crippen LogP contribution in [-0.2, 0) is 14.3 Å². The number of hydrogen-bond donors (Lipinski definition) is 1. The van der Waals surface area contributed by atoms with E-state index >= 15 is 0 Å². The van der Waals surface area contributed by atoms with Gasteiger partial charge in [-0.2, -0.15) is 0 Å². The van der Waals surface area contributed by atoms with Gasteiger partial charge in [-0.05, 0) is 31.9 Å². The fourth-order valence-corrected chi connectivity index (χ4v) is 3.38. The molecule has 0 saturated carbocycles. The molecule has 2 heterocycles. The van der Waals surface area contributed by atoms with Gasteiger partial charge in [-0.15, -0.1) is 0 Å². The number of carbonyl (C=O) groups is 3. The molecule has 1 aromatic rings. The molecule has 1 atom stereocenters. The molecular weight excluding hydrogens is 350 g/mol. The van der Waals surface area contributed by atoms with Crippen LogP contribution in [0.2, 0.25) is 0 Å². The highest BCUT2D eigenvalue weighted by molar-refractivity contribution is 6.01. The maximum absolute atomic E-state index is 12.5. The molecule has 8 nitrogen and oxygen atoms in total. The second-order valence-electron chi connectivity index (χ2n) is 6.70. The maximum Gasteiger partial charge on any atom is 0.409 e. The highest BCUT2D eigenvalue weighted by Gasteiger charge is 2.34. The van der Waals surface area contributed by atoms with Crippen LogP contribution < -0.4 is 15.0 Å². The van der Waals surface area contributed by atoms with Crippen molar-refractivity contribution in [2.45, 2.75) is 38.3 Å². The molecule has 1 unspecified atom stereocenters. The molecule has 0 radical (unpaired) electrons. The van der Waals surface area contributed by atoms with Crippen molar-refractivity contribution < 1.29 is 23.9 Å². The zero-order valence-corrected chi connectivity index (χ0v) is 15.6. The van der Waals surface area contributed by atoms with Gasteiger partial charge in [0, 0.05) is 26.2 Å². The number of para-hydroxylation sites is 2. The van der Waals surface area contributed by atoms with Crippen molar-refractivity contribution in [2.24, 2.45) is 0 Å². The van der Waals surface area contributed by atoms with Crippen LogP contribution in [0.3, 0.4) is 0 Å². The average molecular weight is 375 g/mol. The van der Waals surface area contributed by atoms with Gasteiger partial charge < -0.3 is 24.6 Å². The number of nitrogens with one attached hydrogen (secondary N) is 1. The van der Waals surface area contributed by atoms with E-state index in [0.717, 1.165) is 0 Å². The van der Waals surface area contributed by atoms with Crippen LogP contribution in [-0.4, -0.2) is 61.7 Å². The van der Waals surface area contributed by atoms with E-state index in [1.807, 2.05) is 12.1 Å². The Balaban J connectivity index is 1.50. The Morgan fingerprint density at radius 2 is 1.96 bits per heavy atom. The lowest BCUT2D eigenvalue weighted by molar-refractivity contribution is -0.132. The SMILES string of the molecule is CCOC(=O)N1CCC(NC(=O)CC2Oc3ccccc3N(C)C2=O)CC1. The van der Waals surface area contributed by atoms with Gasteiger partial charge in [0.1, 0.15) is 5.75 Å². The van der Waals surface area contributed by atoms with Crippen LogP contribution >= 0.6 is 0 Å². The molecule has 0 aliphatic carbocycles. The molecule has 27 heavy (non-hydrogen) atoms. The molecule has 8 heteroatoms. The topological polar surface area (TPSA) is 88.2 Å². The van der Waals surface area contributed by atoms with Crippen molar-refractivity contribution >= 4 is 23.6 Å². The fraction of sp³-hybridized carbons (Fsp3) is 0.526. The summed E-state index contributed by atoms with van der Waals surface area (Å²) in [5.41, 5.74) is 0.700. The van der Waals surface area contributed by atoms with Gasteiger partial charge >= 0.3 is 6.09 Å². The normalized spacial score (nSPS) is 19.9. The summed E-state index contributed by atoms with van der Waals surface area (Å²) in [6, 6.07) is 7.24. The third kappa shape index (κ3) is 4.32. The first kappa shape index (κ1) is 19.0. The number of likely N-dealkylation sites (tertiary alicyclic amines) is 1. The monoisotopic (exact) mass is 375 g/mol. The zero-order chi connectivity index (χ0) is 19.4. The Morgan fingerprint density at radius 1 is 1.26 bits per heavy atom. The Kier molecular flexibility index (Phi) is 5.83. The van der Waals surface area contributed by atoms with Crippen LogP contribution in [0.1, 0.15) is 26.2 Å². The lowest BCUT2D eigenvalue weighted by Gasteiger charge is -2.33. The summed E-state index contributed by atoms with van der Waals surface area (Å²) in [5, 5.41) is 2.95. The summed E-state index contributed by atoms with van der Waals surface area (Å²) in [6.07, 6.45) is 0.143. The Labute approximate surface area is 158 Å². The van der Waals surface area contributed by atoms with Crippen LogP contribution in [0.4, 0.5) is 10.5 Å². The largest absolute Gasteiger partial charge is 0.478 e. The van der Waals surface area contributed by atoms with E-state index in [2.05, 4.69) is 5.32 Å². The fourth-order valence-electron chi connectivity index (χ4n) is 3.38. The number of anilines is 1. The predicted molar refractivity (Wildman–Crippen MR) is 98.6 cm³/mol. The van der Waals surface area contributed by atoms with E-state index in [1.54, 1.807) is 31.0 Å². The molecule has 3 rings (SSSR count). The van der Waals surface area contributed by atoms with Gasteiger partial charge in [-0.25, -0.2) is 4.79 Å². The second kappa shape index (κ2) is 8.28. The number of piperidine rings is 1. The summed E-state index contributed by atoms with van der Waals surface area (Å²) < 4.78 is 10.7.